The zero-order chi connectivity index (χ0) is 28.5. The molecule has 0 aliphatic heterocycles. The van der Waals surface area contributed by atoms with Crippen molar-refractivity contribution in [3.05, 3.63) is 77.6 Å². The second-order valence-corrected chi connectivity index (χ2v) is 9.57. The van der Waals surface area contributed by atoms with Gasteiger partial charge in [0.15, 0.2) is 5.82 Å². The highest BCUT2D eigenvalue weighted by molar-refractivity contribution is 6.06. The summed E-state index contributed by atoms with van der Waals surface area (Å²) in [4.78, 5) is 33.4. The van der Waals surface area contributed by atoms with Crippen molar-refractivity contribution in [3.63, 3.8) is 0 Å². The summed E-state index contributed by atoms with van der Waals surface area (Å²) in [6, 6.07) is 15.8. The van der Waals surface area contributed by atoms with Crippen molar-refractivity contribution in [2.45, 2.75) is 39.8 Å². The average Bonchev–Trinajstić information content (AvgIpc) is 3.30. The first-order chi connectivity index (χ1) is 19.4. The van der Waals surface area contributed by atoms with Gasteiger partial charge in [-0.3, -0.25) is 4.79 Å². The molecule has 0 saturated carbocycles. The molecule has 4 aromatic rings. The van der Waals surface area contributed by atoms with Crippen LogP contribution in [0.3, 0.4) is 0 Å². The number of carbonyl (C=O) groups is 2. The van der Waals surface area contributed by atoms with Crippen LogP contribution >= 0.6 is 0 Å². The van der Waals surface area contributed by atoms with Crippen molar-refractivity contribution in [2.75, 3.05) is 32.0 Å². The summed E-state index contributed by atoms with van der Waals surface area (Å²) < 4.78 is 12.4. The zero-order valence-corrected chi connectivity index (χ0v) is 23.0. The lowest BCUT2D eigenvalue weighted by Gasteiger charge is -2.12. The number of aromatic nitrogens is 3. The van der Waals surface area contributed by atoms with Crippen molar-refractivity contribution >= 4 is 39.8 Å². The monoisotopic (exact) mass is 544 g/mol. The molecule has 0 aliphatic rings. The third-order valence-corrected chi connectivity index (χ3v) is 6.29. The number of imidazole rings is 1. The number of esters is 1. The number of nitrogens with zero attached hydrogens (tertiary/aromatic N) is 3. The molecule has 0 saturated heterocycles. The molecule has 0 unspecified atom stereocenters. The first-order valence-electron chi connectivity index (χ1n) is 13.4. The number of hydrogen-bond acceptors (Lipinski definition) is 8. The number of carbonyl (C=O) groups excluding carboxylic acids is 2. The quantitative estimate of drug-likeness (QED) is 0.130. The Balaban J connectivity index is 1.48. The maximum Gasteiger partial charge on any atom is 0.407 e. The predicted molar refractivity (Wildman–Crippen MR) is 156 cm³/mol. The fraction of sp³-hybridized carbons (Fsp3) is 0.333. The van der Waals surface area contributed by atoms with Gasteiger partial charge in [-0.05, 0) is 31.0 Å². The molecule has 210 valence electrons. The van der Waals surface area contributed by atoms with Gasteiger partial charge in [-0.15, -0.1) is 0 Å². The Morgan fingerprint density at radius 1 is 1.05 bits per heavy atom. The molecule has 2 aromatic heterocycles. The van der Waals surface area contributed by atoms with E-state index in [1.807, 2.05) is 55.5 Å². The summed E-state index contributed by atoms with van der Waals surface area (Å²) >= 11 is 0. The number of nitrogens with two attached hydrogens (primary N) is 1. The number of para-hydroxylation sites is 1. The Kier molecular flexibility index (Phi) is 9.69. The van der Waals surface area contributed by atoms with Gasteiger partial charge in [0.1, 0.15) is 17.9 Å². The topological polar surface area (TPSA) is 133 Å². The lowest BCUT2D eigenvalue weighted by atomic mass is 10.1. The van der Waals surface area contributed by atoms with Crippen LogP contribution in [0.1, 0.15) is 37.2 Å². The van der Waals surface area contributed by atoms with E-state index in [4.69, 9.17) is 20.2 Å². The number of amides is 1. The lowest BCUT2D eigenvalue weighted by Crippen LogP contribution is -2.28. The number of ether oxygens (including phenoxy) is 2. The van der Waals surface area contributed by atoms with E-state index in [1.54, 1.807) is 6.92 Å². The Morgan fingerprint density at radius 3 is 2.55 bits per heavy atom. The minimum atomic E-state index is -0.463. The van der Waals surface area contributed by atoms with E-state index in [0.29, 0.717) is 50.5 Å². The summed E-state index contributed by atoms with van der Waals surface area (Å²) in [5.74, 6) is 0.819. The zero-order valence-electron chi connectivity index (χ0n) is 23.0. The standard InChI is InChI=1S/C30H36N6O4/c1-4-39-26(37)14-13-25-35-27-28(23-7-5-6-8-24(23)34-29(27)31)36(25)19-22-11-9-21(10-12-22)18-33-30(38)40-16-15-32-17-20(2)3/h5-12,32H,2,4,13-19H2,1,3H3,(H2,31,34)(H,33,38). The number of nitrogens with one attached hydrogen (secondary N) is 2. The van der Waals surface area contributed by atoms with Gasteiger partial charge in [-0.2, -0.15) is 0 Å². The summed E-state index contributed by atoms with van der Waals surface area (Å²) in [5, 5.41) is 6.86. The molecule has 0 bridgehead atoms. The van der Waals surface area contributed by atoms with Gasteiger partial charge in [0.25, 0.3) is 0 Å². The van der Waals surface area contributed by atoms with Crippen LogP contribution in [0.25, 0.3) is 21.9 Å². The highest BCUT2D eigenvalue weighted by Gasteiger charge is 2.18. The van der Waals surface area contributed by atoms with Crippen LogP contribution in [0.2, 0.25) is 0 Å². The lowest BCUT2D eigenvalue weighted by molar-refractivity contribution is -0.143. The van der Waals surface area contributed by atoms with Gasteiger partial charge in [0, 0.05) is 38.0 Å². The maximum absolute atomic E-state index is 12.1. The molecule has 0 aliphatic carbocycles. The number of rotatable bonds is 13. The Morgan fingerprint density at radius 2 is 1.80 bits per heavy atom. The highest BCUT2D eigenvalue weighted by atomic mass is 16.5. The molecule has 0 radical (unpaired) electrons. The van der Waals surface area contributed by atoms with Crippen LogP contribution < -0.4 is 16.4 Å². The molecule has 2 heterocycles. The van der Waals surface area contributed by atoms with Crippen LogP contribution in [0.5, 0.6) is 0 Å². The van der Waals surface area contributed by atoms with Gasteiger partial charge in [-0.25, -0.2) is 14.8 Å². The summed E-state index contributed by atoms with van der Waals surface area (Å²) in [7, 11) is 0. The molecule has 0 fully saturated rings. The third-order valence-electron chi connectivity index (χ3n) is 6.29. The molecule has 0 spiro atoms. The molecule has 4 N–H and O–H groups in total. The van der Waals surface area contributed by atoms with Crippen molar-refractivity contribution in [2.24, 2.45) is 0 Å². The molecule has 10 heteroatoms. The van der Waals surface area contributed by atoms with E-state index in [-0.39, 0.29) is 19.0 Å². The fourth-order valence-corrected chi connectivity index (χ4v) is 4.40. The van der Waals surface area contributed by atoms with Crippen molar-refractivity contribution < 1.29 is 19.1 Å². The molecular formula is C30H36N6O4. The van der Waals surface area contributed by atoms with Gasteiger partial charge < -0.3 is 30.4 Å². The molecular weight excluding hydrogens is 508 g/mol. The van der Waals surface area contributed by atoms with E-state index in [0.717, 1.165) is 38.9 Å². The molecule has 1 amide bonds. The summed E-state index contributed by atoms with van der Waals surface area (Å²) in [5.41, 5.74) is 11.6. The SMILES string of the molecule is C=C(C)CNCCOC(=O)NCc1ccc(Cn2c(CCC(=O)OCC)nc3c(N)nc4ccccc4c32)cc1. The highest BCUT2D eigenvalue weighted by Crippen LogP contribution is 2.30. The maximum atomic E-state index is 12.1. The Bertz CT molecular complexity index is 1500. The number of alkyl carbamates (subject to hydrolysis) is 1. The normalized spacial score (nSPS) is 11.1. The van der Waals surface area contributed by atoms with Gasteiger partial charge >= 0.3 is 12.1 Å². The van der Waals surface area contributed by atoms with E-state index < -0.39 is 6.09 Å². The number of aryl methyl sites for hydroxylation is 1. The number of hydrogen-bond donors (Lipinski definition) is 3. The van der Waals surface area contributed by atoms with E-state index in [9.17, 15) is 9.59 Å². The number of anilines is 1. The Labute approximate surface area is 233 Å². The molecule has 10 nitrogen and oxygen atoms in total. The minimum Gasteiger partial charge on any atom is -0.466 e. The predicted octanol–water partition coefficient (Wildman–Crippen LogP) is 4.10. The number of pyridine rings is 1. The van der Waals surface area contributed by atoms with Crippen LogP contribution in [-0.4, -0.2) is 52.9 Å². The number of nitrogen functional groups attached to an aromatic ring is 1. The van der Waals surface area contributed by atoms with Crippen molar-refractivity contribution in [1.82, 2.24) is 25.2 Å². The van der Waals surface area contributed by atoms with Gasteiger partial charge in [-0.1, -0.05) is 54.6 Å². The molecule has 2 aromatic carbocycles. The molecule has 40 heavy (non-hydrogen) atoms. The van der Waals surface area contributed by atoms with Gasteiger partial charge in [0.05, 0.1) is 24.1 Å². The number of fused-ring (bicyclic) bond motifs is 3. The Hall–Kier alpha value is -4.44. The van der Waals surface area contributed by atoms with E-state index in [2.05, 4.69) is 26.8 Å². The van der Waals surface area contributed by atoms with Crippen molar-refractivity contribution in [3.8, 4) is 0 Å². The van der Waals surface area contributed by atoms with Crippen LogP contribution in [0, 0.1) is 0 Å². The minimum absolute atomic E-state index is 0.215. The van der Waals surface area contributed by atoms with E-state index >= 15 is 0 Å². The summed E-state index contributed by atoms with van der Waals surface area (Å²) in [6.07, 6.45) is 0.164. The van der Waals surface area contributed by atoms with E-state index in [1.165, 1.54) is 0 Å². The first-order valence-corrected chi connectivity index (χ1v) is 13.4. The number of benzene rings is 2. The van der Waals surface area contributed by atoms with Crippen LogP contribution in [0.4, 0.5) is 10.6 Å². The molecule has 0 atom stereocenters. The average molecular weight is 545 g/mol. The smallest absolute Gasteiger partial charge is 0.407 e. The fourth-order valence-electron chi connectivity index (χ4n) is 4.40. The van der Waals surface area contributed by atoms with Crippen molar-refractivity contribution in [1.29, 1.82) is 0 Å². The van der Waals surface area contributed by atoms with Crippen LogP contribution in [0.15, 0.2) is 60.7 Å². The van der Waals surface area contributed by atoms with Crippen LogP contribution in [-0.2, 0) is 33.8 Å². The third kappa shape index (κ3) is 7.35. The largest absolute Gasteiger partial charge is 0.466 e. The second-order valence-electron chi connectivity index (χ2n) is 9.57. The first kappa shape index (κ1) is 28.6. The second kappa shape index (κ2) is 13.6. The van der Waals surface area contributed by atoms with Gasteiger partial charge in [0.2, 0.25) is 0 Å². The molecule has 4 rings (SSSR count). The summed E-state index contributed by atoms with van der Waals surface area (Å²) in [6.45, 7) is 10.3.